The summed E-state index contributed by atoms with van der Waals surface area (Å²) >= 11 is 0. The van der Waals surface area contributed by atoms with Crippen molar-refractivity contribution in [1.29, 1.82) is 0 Å². The highest BCUT2D eigenvalue weighted by Gasteiger charge is 2.31. The van der Waals surface area contributed by atoms with Gasteiger partial charge in [-0.3, -0.25) is 4.79 Å². The van der Waals surface area contributed by atoms with Gasteiger partial charge in [0.05, 0.1) is 0 Å². The van der Waals surface area contributed by atoms with Crippen LogP contribution in [0.1, 0.15) is 47.5 Å². The number of piperidine rings is 1. The molecule has 4 heteroatoms. The summed E-state index contributed by atoms with van der Waals surface area (Å²) in [4.78, 5) is 11.7. The molecule has 0 aromatic carbocycles. The van der Waals surface area contributed by atoms with Gasteiger partial charge in [0.2, 0.25) is 5.91 Å². The topological polar surface area (TPSA) is 53.2 Å². The van der Waals surface area contributed by atoms with Gasteiger partial charge in [-0.2, -0.15) is 0 Å². The van der Waals surface area contributed by atoms with Crippen LogP contribution in [0.4, 0.5) is 0 Å². The molecule has 0 spiro atoms. The predicted octanol–water partition coefficient (Wildman–Crippen LogP) is 1.27. The number of amides is 1. The molecule has 0 aromatic heterocycles. The van der Waals surface area contributed by atoms with Gasteiger partial charge in [0.1, 0.15) is 0 Å². The van der Waals surface area contributed by atoms with Crippen molar-refractivity contribution in [3.05, 3.63) is 0 Å². The number of carbonyl (C=O) groups is 1. The van der Waals surface area contributed by atoms with Crippen LogP contribution in [0.5, 0.6) is 0 Å². The van der Waals surface area contributed by atoms with Gasteiger partial charge < -0.3 is 16.0 Å². The lowest BCUT2D eigenvalue weighted by molar-refractivity contribution is -0.122. The van der Waals surface area contributed by atoms with Crippen LogP contribution in [0.15, 0.2) is 0 Å². The van der Waals surface area contributed by atoms with E-state index in [9.17, 15) is 4.79 Å². The smallest absolute Gasteiger partial charge is 0.221 e. The molecule has 3 N–H and O–H groups in total. The van der Waals surface area contributed by atoms with E-state index >= 15 is 0 Å². The number of rotatable bonds is 4. The van der Waals surface area contributed by atoms with Crippen molar-refractivity contribution < 1.29 is 4.79 Å². The first-order chi connectivity index (χ1) is 8.21. The van der Waals surface area contributed by atoms with Gasteiger partial charge in [-0.25, -0.2) is 0 Å². The van der Waals surface area contributed by atoms with Gasteiger partial charge in [-0.05, 0) is 39.2 Å². The van der Waals surface area contributed by atoms with Crippen LogP contribution >= 0.6 is 0 Å². The third-order valence-electron chi connectivity index (χ3n) is 3.39. The van der Waals surface area contributed by atoms with Crippen LogP contribution < -0.4 is 16.0 Å². The molecule has 4 nitrogen and oxygen atoms in total. The first-order valence-corrected chi connectivity index (χ1v) is 6.96. The SMILES string of the molecule is CC(C)(C)NC(=O)CCNC1CCNCC1(C)C. The predicted molar refractivity (Wildman–Crippen MR) is 75.6 cm³/mol. The van der Waals surface area contributed by atoms with Gasteiger partial charge in [0.15, 0.2) is 0 Å². The Morgan fingerprint density at radius 3 is 2.61 bits per heavy atom. The van der Waals surface area contributed by atoms with Crippen LogP contribution in [0.25, 0.3) is 0 Å². The van der Waals surface area contributed by atoms with E-state index in [1.807, 2.05) is 20.8 Å². The normalized spacial score (nSPS) is 23.7. The molecule has 1 aliphatic rings. The molecule has 0 radical (unpaired) electrons. The summed E-state index contributed by atoms with van der Waals surface area (Å²) in [6, 6.07) is 0.501. The van der Waals surface area contributed by atoms with Crippen molar-refractivity contribution in [2.45, 2.75) is 59.0 Å². The van der Waals surface area contributed by atoms with Crippen molar-refractivity contribution in [1.82, 2.24) is 16.0 Å². The maximum atomic E-state index is 11.7. The van der Waals surface area contributed by atoms with Crippen molar-refractivity contribution in [3.63, 3.8) is 0 Å². The quantitative estimate of drug-likeness (QED) is 0.709. The Kier molecular flexibility index (Phi) is 5.17. The molecule has 1 unspecified atom stereocenters. The molecule has 0 aromatic rings. The van der Waals surface area contributed by atoms with E-state index in [4.69, 9.17) is 0 Å². The van der Waals surface area contributed by atoms with E-state index in [1.54, 1.807) is 0 Å². The minimum atomic E-state index is -0.134. The molecule has 106 valence electrons. The summed E-state index contributed by atoms with van der Waals surface area (Å²) in [5.41, 5.74) is 0.129. The fourth-order valence-corrected chi connectivity index (χ4v) is 2.39. The van der Waals surface area contributed by atoms with E-state index in [0.29, 0.717) is 12.5 Å². The van der Waals surface area contributed by atoms with E-state index in [0.717, 1.165) is 26.1 Å². The van der Waals surface area contributed by atoms with E-state index < -0.39 is 0 Å². The summed E-state index contributed by atoms with van der Waals surface area (Å²) in [6.07, 6.45) is 1.69. The second kappa shape index (κ2) is 6.02. The second-order valence-corrected chi connectivity index (χ2v) is 7.01. The summed E-state index contributed by atoms with van der Waals surface area (Å²) in [6.45, 7) is 13.4. The molecular weight excluding hydrogens is 226 g/mol. The zero-order valence-electron chi connectivity index (χ0n) is 12.5. The van der Waals surface area contributed by atoms with Crippen LogP contribution in [-0.2, 0) is 4.79 Å². The fourth-order valence-electron chi connectivity index (χ4n) is 2.39. The zero-order valence-corrected chi connectivity index (χ0v) is 12.5. The van der Waals surface area contributed by atoms with Crippen molar-refractivity contribution in [3.8, 4) is 0 Å². The Morgan fingerprint density at radius 2 is 2.06 bits per heavy atom. The van der Waals surface area contributed by atoms with Gasteiger partial charge in [-0.1, -0.05) is 13.8 Å². The van der Waals surface area contributed by atoms with Gasteiger partial charge in [0, 0.05) is 31.1 Å². The molecule has 0 bridgehead atoms. The highest BCUT2D eigenvalue weighted by atomic mass is 16.1. The number of hydrogen-bond acceptors (Lipinski definition) is 3. The highest BCUT2D eigenvalue weighted by Crippen LogP contribution is 2.24. The minimum Gasteiger partial charge on any atom is -0.351 e. The van der Waals surface area contributed by atoms with Gasteiger partial charge >= 0.3 is 0 Å². The Morgan fingerprint density at radius 1 is 1.39 bits per heavy atom. The van der Waals surface area contributed by atoms with Crippen molar-refractivity contribution >= 4 is 5.91 Å². The maximum absolute atomic E-state index is 11.7. The number of nitrogens with one attached hydrogen (secondary N) is 3. The van der Waals surface area contributed by atoms with Gasteiger partial charge in [-0.15, -0.1) is 0 Å². The van der Waals surface area contributed by atoms with Crippen LogP contribution in [0, 0.1) is 5.41 Å². The second-order valence-electron chi connectivity index (χ2n) is 7.01. The molecule has 0 saturated carbocycles. The average molecular weight is 255 g/mol. The molecule has 18 heavy (non-hydrogen) atoms. The third kappa shape index (κ3) is 5.36. The monoisotopic (exact) mass is 255 g/mol. The Balaban J connectivity index is 2.27. The third-order valence-corrected chi connectivity index (χ3v) is 3.39. The molecule has 1 fully saturated rings. The molecule has 1 aliphatic heterocycles. The molecule has 1 rings (SSSR count). The minimum absolute atomic E-state index is 0.127. The lowest BCUT2D eigenvalue weighted by atomic mass is 9.80. The van der Waals surface area contributed by atoms with E-state index in [-0.39, 0.29) is 16.9 Å². The number of hydrogen-bond donors (Lipinski definition) is 3. The standard InChI is InChI=1S/C14H29N3O/c1-13(2,3)17-12(18)7-9-16-11-6-8-15-10-14(11,4)5/h11,15-16H,6-10H2,1-5H3,(H,17,18). The maximum Gasteiger partial charge on any atom is 0.221 e. The van der Waals surface area contributed by atoms with Gasteiger partial charge in [0.25, 0.3) is 0 Å². The van der Waals surface area contributed by atoms with E-state index in [1.165, 1.54) is 0 Å². The summed E-state index contributed by atoms with van der Waals surface area (Å²) < 4.78 is 0. The molecular formula is C14H29N3O. The highest BCUT2D eigenvalue weighted by molar-refractivity contribution is 5.76. The van der Waals surface area contributed by atoms with Crippen LogP contribution in [0.3, 0.4) is 0 Å². The number of carbonyl (C=O) groups excluding carboxylic acids is 1. The zero-order chi connectivity index (χ0) is 13.8. The Labute approximate surface area is 111 Å². The van der Waals surface area contributed by atoms with Crippen LogP contribution in [0.2, 0.25) is 0 Å². The fraction of sp³-hybridized carbons (Fsp3) is 0.929. The first-order valence-electron chi connectivity index (χ1n) is 6.96. The molecule has 1 saturated heterocycles. The molecule has 1 heterocycles. The lowest BCUT2D eigenvalue weighted by Crippen LogP contribution is -2.53. The summed E-state index contributed by atoms with van der Waals surface area (Å²) in [5, 5.41) is 9.93. The average Bonchev–Trinajstić information content (AvgIpc) is 2.17. The molecule has 1 amide bonds. The largest absolute Gasteiger partial charge is 0.351 e. The summed E-state index contributed by atoms with van der Waals surface area (Å²) in [7, 11) is 0. The van der Waals surface area contributed by atoms with Crippen molar-refractivity contribution in [2.75, 3.05) is 19.6 Å². The molecule has 0 aliphatic carbocycles. The Bertz CT molecular complexity index is 281. The van der Waals surface area contributed by atoms with E-state index in [2.05, 4.69) is 29.8 Å². The van der Waals surface area contributed by atoms with Crippen molar-refractivity contribution in [2.24, 2.45) is 5.41 Å². The lowest BCUT2D eigenvalue weighted by Gasteiger charge is -2.39. The summed E-state index contributed by atoms with van der Waals surface area (Å²) in [5.74, 6) is 0.127. The first kappa shape index (κ1) is 15.4. The Hall–Kier alpha value is -0.610. The van der Waals surface area contributed by atoms with Crippen LogP contribution in [-0.4, -0.2) is 37.1 Å². The molecule has 1 atom stereocenters.